The molecule has 0 spiro atoms. The zero-order valence-electron chi connectivity index (χ0n) is 27.9. The summed E-state index contributed by atoms with van der Waals surface area (Å²) in [6, 6.07) is 30.3. The third-order valence-electron chi connectivity index (χ3n) is 8.27. The molecular weight excluding hydrogens is 667 g/mol. The highest BCUT2D eigenvalue weighted by molar-refractivity contribution is 6.30. The van der Waals surface area contributed by atoms with Crippen LogP contribution in [-0.4, -0.2) is 34.9 Å². The summed E-state index contributed by atoms with van der Waals surface area (Å²) in [5, 5.41) is 6.98. The number of amidine groups is 1. The Morgan fingerprint density at radius 1 is 0.745 bits per heavy atom. The van der Waals surface area contributed by atoms with Gasteiger partial charge in [-0.1, -0.05) is 65.7 Å². The van der Waals surface area contributed by atoms with E-state index < -0.39 is 11.6 Å². The van der Waals surface area contributed by atoms with Gasteiger partial charge < -0.3 is 22.1 Å². The Hall–Kier alpha value is -6.31. The van der Waals surface area contributed by atoms with Crippen molar-refractivity contribution in [2.24, 2.45) is 16.5 Å². The van der Waals surface area contributed by atoms with Gasteiger partial charge in [0.05, 0.1) is 22.1 Å². The number of hydrogen-bond acceptors (Lipinski definition) is 10. The average molecular weight is 701 g/mol. The van der Waals surface area contributed by atoms with Crippen LogP contribution in [0.5, 0.6) is 0 Å². The third-order valence-corrected chi connectivity index (χ3v) is 8.52. The van der Waals surface area contributed by atoms with Crippen LogP contribution >= 0.6 is 11.6 Å². The van der Waals surface area contributed by atoms with Gasteiger partial charge in [-0.25, -0.2) is 15.0 Å². The molecule has 4 aromatic carbocycles. The largest absolute Gasteiger partial charge is 0.384 e. The van der Waals surface area contributed by atoms with Gasteiger partial charge in [-0.2, -0.15) is 14.4 Å². The Balaban J connectivity index is 0.000000159. The van der Waals surface area contributed by atoms with Crippen molar-refractivity contribution in [3.8, 4) is 5.82 Å². The van der Waals surface area contributed by atoms with Gasteiger partial charge in [0.1, 0.15) is 23.3 Å². The molecule has 0 saturated carbocycles. The van der Waals surface area contributed by atoms with Crippen LogP contribution in [0.1, 0.15) is 22.8 Å². The maximum atomic E-state index is 14.7. The van der Waals surface area contributed by atoms with E-state index in [1.807, 2.05) is 103 Å². The lowest BCUT2D eigenvalue weighted by Crippen LogP contribution is -2.52. The fraction of sp³-hybridized carbons (Fsp3) is 0.108. The van der Waals surface area contributed by atoms with Crippen LogP contribution in [0.25, 0.3) is 33.7 Å². The minimum atomic E-state index is -1.18. The SMILES string of the molecule is Cc1ccc(Nc2nc(N)c(F)c(-n3c(C)nc4ccccc43)n2)cc1.Cc1nc2ccccc2n1C1=CC(N)=NC(N)(c2ccc(Cl)cc2)N1. The number of imidazole rings is 2. The molecule has 0 saturated heterocycles. The van der Waals surface area contributed by atoms with Crippen LogP contribution in [0.3, 0.4) is 0 Å². The molecular formula is C37H34ClFN12. The summed E-state index contributed by atoms with van der Waals surface area (Å²) in [7, 11) is 0. The summed E-state index contributed by atoms with van der Waals surface area (Å²) >= 11 is 5.98. The second-order valence-electron chi connectivity index (χ2n) is 12.0. The van der Waals surface area contributed by atoms with Crippen LogP contribution in [0.15, 0.2) is 108 Å². The van der Waals surface area contributed by atoms with E-state index in [1.54, 1.807) is 29.7 Å². The normalized spacial score (nSPS) is 15.5. The fourth-order valence-electron chi connectivity index (χ4n) is 5.88. The van der Waals surface area contributed by atoms with E-state index in [2.05, 4.69) is 35.6 Å². The number of nitrogens with zero attached hydrogens (tertiary/aromatic N) is 7. The van der Waals surface area contributed by atoms with Gasteiger partial charge in [0, 0.05) is 22.3 Å². The number of aromatic nitrogens is 6. The Labute approximate surface area is 297 Å². The van der Waals surface area contributed by atoms with Crippen LogP contribution in [0.2, 0.25) is 5.02 Å². The number of aryl methyl sites for hydroxylation is 3. The van der Waals surface area contributed by atoms with Crippen molar-refractivity contribution < 1.29 is 4.39 Å². The molecule has 256 valence electrons. The number of aliphatic imine (C=N–C) groups is 1. The number of rotatable bonds is 5. The molecule has 3 aromatic heterocycles. The zero-order chi connectivity index (χ0) is 35.9. The number of nitrogens with one attached hydrogen (secondary N) is 2. The molecule has 51 heavy (non-hydrogen) atoms. The minimum absolute atomic E-state index is 0.0679. The molecule has 1 atom stereocenters. The molecule has 1 aliphatic heterocycles. The van der Waals surface area contributed by atoms with Gasteiger partial charge in [0.25, 0.3) is 0 Å². The molecule has 0 amide bonds. The first-order valence-corrected chi connectivity index (χ1v) is 16.3. The van der Waals surface area contributed by atoms with Gasteiger partial charge in [-0.05, 0) is 69.3 Å². The topological polar surface area (TPSA) is 176 Å². The fourth-order valence-corrected chi connectivity index (χ4v) is 6.01. The van der Waals surface area contributed by atoms with Gasteiger partial charge in [-0.3, -0.25) is 14.9 Å². The van der Waals surface area contributed by atoms with Gasteiger partial charge in [0.15, 0.2) is 11.6 Å². The van der Waals surface area contributed by atoms with Crippen molar-refractivity contribution in [2.45, 2.75) is 26.6 Å². The van der Waals surface area contributed by atoms with Gasteiger partial charge >= 0.3 is 0 Å². The molecule has 1 unspecified atom stereocenters. The first-order valence-electron chi connectivity index (χ1n) is 15.9. The predicted octanol–water partition coefficient (Wildman–Crippen LogP) is 6.42. The van der Waals surface area contributed by atoms with E-state index >= 15 is 0 Å². The van der Waals surface area contributed by atoms with E-state index in [9.17, 15) is 4.39 Å². The number of hydrogen-bond donors (Lipinski definition) is 5. The Kier molecular flexibility index (Phi) is 8.59. The van der Waals surface area contributed by atoms with Crippen molar-refractivity contribution >= 4 is 62.8 Å². The summed E-state index contributed by atoms with van der Waals surface area (Å²) in [6.45, 7) is 5.73. The van der Waals surface area contributed by atoms with Gasteiger partial charge in [-0.15, -0.1) is 0 Å². The molecule has 7 aromatic rings. The Bertz CT molecular complexity index is 2470. The van der Waals surface area contributed by atoms with Crippen molar-refractivity contribution in [1.82, 2.24) is 34.4 Å². The van der Waals surface area contributed by atoms with Crippen LogP contribution in [0.4, 0.5) is 21.8 Å². The molecule has 8 N–H and O–H groups in total. The van der Waals surface area contributed by atoms with Crippen LogP contribution in [0, 0.1) is 26.6 Å². The Morgan fingerprint density at radius 2 is 1.33 bits per heavy atom. The second kappa shape index (κ2) is 13.2. The Morgan fingerprint density at radius 3 is 1.98 bits per heavy atom. The molecule has 12 nitrogen and oxygen atoms in total. The van der Waals surface area contributed by atoms with E-state index in [0.717, 1.165) is 50.5 Å². The highest BCUT2D eigenvalue weighted by atomic mass is 35.5. The van der Waals surface area contributed by atoms with E-state index in [0.29, 0.717) is 16.7 Å². The number of benzene rings is 4. The first-order chi connectivity index (χ1) is 24.5. The van der Waals surface area contributed by atoms with Crippen molar-refractivity contribution in [2.75, 3.05) is 11.1 Å². The summed E-state index contributed by atoms with van der Waals surface area (Å²) in [6.07, 6.45) is 1.75. The summed E-state index contributed by atoms with van der Waals surface area (Å²) < 4.78 is 18.3. The number of halogens is 2. The number of nitrogens with two attached hydrogens (primary N) is 3. The number of fused-ring (bicyclic) bond motifs is 2. The third kappa shape index (κ3) is 6.55. The summed E-state index contributed by atoms with van der Waals surface area (Å²) in [5.74, 6) is 0.708. The first kappa shape index (κ1) is 33.2. The van der Waals surface area contributed by atoms with Crippen molar-refractivity contribution in [3.63, 3.8) is 0 Å². The lowest BCUT2D eigenvalue weighted by atomic mass is 10.1. The molecule has 0 radical (unpaired) electrons. The number of nitrogen functional groups attached to an aromatic ring is 1. The molecule has 8 rings (SSSR count). The monoisotopic (exact) mass is 700 g/mol. The van der Waals surface area contributed by atoms with Crippen LogP contribution in [-0.2, 0) is 5.79 Å². The minimum Gasteiger partial charge on any atom is -0.384 e. The lowest BCUT2D eigenvalue weighted by molar-refractivity contribution is 0.411. The highest BCUT2D eigenvalue weighted by Gasteiger charge is 2.32. The highest BCUT2D eigenvalue weighted by Crippen LogP contribution is 2.28. The van der Waals surface area contributed by atoms with E-state index in [1.165, 1.54) is 0 Å². The van der Waals surface area contributed by atoms with Gasteiger partial charge in [0.2, 0.25) is 17.6 Å². The second-order valence-corrected chi connectivity index (χ2v) is 12.4. The molecule has 1 aliphatic rings. The molecule has 0 fully saturated rings. The zero-order valence-corrected chi connectivity index (χ0v) is 28.7. The quantitative estimate of drug-likeness (QED) is 0.136. The molecule has 0 aliphatic carbocycles. The number of para-hydroxylation sites is 4. The van der Waals surface area contributed by atoms with E-state index in [-0.39, 0.29) is 17.6 Å². The van der Waals surface area contributed by atoms with Crippen LogP contribution < -0.4 is 27.8 Å². The maximum Gasteiger partial charge on any atom is 0.231 e. The van der Waals surface area contributed by atoms with E-state index in [4.69, 9.17) is 28.8 Å². The molecule has 4 heterocycles. The lowest BCUT2D eigenvalue weighted by Gasteiger charge is -2.33. The van der Waals surface area contributed by atoms with Crippen molar-refractivity contribution in [1.29, 1.82) is 0 Å². The number of anilines is 3. The van der Waals surface area contributed by atoms with Crippen molar-refractivity contribution in [3.05, 3.63) is 137 Å². The predicted molar refractivity (Wildman–Crippen MR) is 201 cm³/mol. The standard InChI is InChI=1S/C19H17FN6.C18H17ClN6/c1-11-7-9-13(10-8-11)23-19-24-17(21)16(20)18(25-19)26-12(2)22-14-5-3-4-6-15(14)26;1-11-22-14-4-2-3-5-15(14)25(11)17-10-16(20)23-18(21,24-17)12-6-8-13(19)9-7-12/h3-10H,1-2H3,(H3,21,23,24,25);2-10,24H,21H2,1H3,(H2,20,23). The smallest absolute Gasteiger partial charge is 0.231 e. The molecule has 14 heteroatoms. The summed E-state index contributed by atoms with van der Waals surface area (Å²) in [5.41, 5.74) is 24.4. The maximum absolute atomic E-state index is 14.7. The summed E-state index contributed by atoms with van der Waals surface area (Å²) in [4.78, 5) is 21.8. The average Bonchev–Trinajstić information content (AvgIpc) is 3.62. The molecule has 0 bridgehead atoms.